The SMILES string of the molecule is CNC(C)(C)CCc1cc(C(C)C)ccc1OC. The van der Waals surface area contributed by atoms with E-state index in [1.165, 1.54) is 11.1 Å². The lowest BCUT2D eigenvalue weighted by Crippen LogP contribution is -2.36. The van der Waals surface area contributed by atoms with Gasteiger partial charge in [0.25, 0.3) is 0 Å². The molecule has 1 aromatic carbocycles. The number of rotatable bonds is 6. The van der Waals surface area contributed by atoms with Crippen molar-refractivity contribution in [3.63, 3.8) is 0 Å². The zero-order chi connectivity index (χ0) is 13.8. The van der Waals surface area contributed by atoms with E-state index in [1.54, 1.807) is 7.11 Å². The molecule has 1 rings (SSSR count). The molecule has 0 aliphatic rings. The van der Waals surface area contributed by atoms with E-state index >= 15 is 0 Å². The highest BCUT2D eigenvalue weighted by molar-refractivity contribution is 5.38. The predicted molar refractivity (Wildman–Crippen MR) is 78.5 cm³/mol. The topological polar surface area (TPSA) is 21.3 Å². The van der Waals surface area contributed by atoms with Gasteiger partial charge >= 0.3 is 0 Å². The lowest BCUT2D eigenvalue weighted by atomic mass is 9.93. The summed E-state index contributed by atoms with van der Waals surface area (Å²) >= 11 is 0. The van der Waals surface area contributed by atoms with Crippen molar-refractivity contribution >= 4 is 0 Å². The third kappa shape index (κ3) is 4.02. The number of ether oxygens (including phenoxy) is 1. The van der Waals surface area contributed by atoms with Crippen LogP contribution in [0, 0.1) is 0 Å². The summed E-state index contributed by atoms with van der Waals surface area (Å²) in [7, 11) is 3.76. The standard InChI is InChI=1S/C16H27NO/c1-12(2)13-7-8-15(18-6)14(11-13)9-10-16(3,4)17-5/h7-8,11-12,17H,9-10H2,1-6H3. The summed E-state index contributed by atoms with van der Waals surface area (Å²) in [6.45, 7) is 8.91. The van der Waals surface area contributed by atoms with Crippen LogP contribution in [-0.4, -0.2) is 19.7 Å². The molecule has 0 radical (unpaired) electrons. The monoisotopic (exact) mass is 249 g/mol. The molecule has 0 bridgehead atoms. The lowest BCUT2D eigenvalue weighted by molar-refractivity contribution is 0.381. The molecular weight excluding hydrogens is 222 g/mol. The molecule has 2 nitrogen and oxygen atoms in total. The number of hydrogen-bond acceptors (Lipinski definition) is 2. The Bertz CT molecular complexity index is 383. The second-order valence-corrected chi connectivity index (χ2v) is 5.86. The van der Waals surface area contributed by atoms with Crippen molar-refractivity contribution in [1.29, 1.82) is 0 Å². The molecule has 0 heterocycles. The average Bonchev–Trinajstić information content (AvgIpc) is 2.36. The largest absolute Gasteiger partial charge is 0.496 e. The number of benzene rings is 1. The van der Waals surface area contributed by atoms with Crippen molar-refractivity contribution in [2.45, 2.75) is 52.0 Å². The molecule has 0 saturated carbocycles. The lowest BCUT2D eigenvalue weighted by Gasteiger charge is -2.24. The van der Waals surface area contributed by atoms with Gasteiger partial charge in [0, 0.05) is 5.54 Å². The number of hydrogen-bond donors (Lipinski definition) is 1. The van der Waals surface area contributed by atoms with Gasteiger partial charge in [-0.2, -0.15) is 0 Å². The van der Waals surface area contributed by atoms with Crippen molar-refractivity contribution in [3.05, 3.63) is 29.3 Å². The van der Waals surface area contributed by atoms with Crippen molar-refractivity contribution in [2.24, 2.45) is 0 Å². The first kappa shape index (κ1) is 15.0. The Morgan fingerprint density at radius 2 is 1.94 bits per heavy atom. The second kappa shape index (κ2) is 6.24. The van der Waals surface area contributed by atoms with Crippen LogP contribution in [-0.2, 0) is 6.42 Å². The van der Waals surface area contributed by atoms with Crippen LogP contribution in [0.15, 0.2) is 18.2 Å². The van der Waals surface area contributed by atoms with E-state index in [0.29, 0.717) is 5.92 Å². The quantitative estimate of drug-likeness (QED) is 0.829. The molecule has 18 heavy (non-hydrogen) atoms. The van der Waals surface area contributed by atoms with E-state index in [4.69, 9.17) is 4.74 Å². The van der Waals surface area contributed by atoms with E-state index in [2.05, 4.69) is 51.2 Å². The Morgan fingerprint density at radius 1 is 1.28 bits per heavy atom. The summed E-state index contributed by atoms with van der Waals surface area (Å²) in [5, 5.41) is 3.35. The van der Waals surface area contributed by atoms with Gasteiger partial charge in [0.2, 0.25) is 0 Å². The van der Waals surface area contributed by atoms with Crippen LogP contribution in [0.3, 0.4) is 0 Å². The molecule has 1 N–H and O–H groups in total. The molecule has 0 spiro atoms. The van der Waals surface area contributed by atoms with Gasteiger partial charge in [0.05, 0.1) is 7.11 Å². The van der Waals surface area contributed by atoms with E-state index in [-0.39, 0.29) is 5.54 Å². The van der Waals surface area contributed by atoms with Crippen LogP contribution in [0.5, 0.6) is 5.75 Å². The van der Waals surface area contributed by atoms with Gasteiger partial charge in [-0.15, -0.1) is 0 Å². The molecule has 0 amide bonds. The van der Waals surface area contributed by atoms with Gasteiger partial charge in [-0.25, -0.2) is 0 Å². The molecule has 0 atom stereocenters. The summed E-state index contributed by atoms with van der Waals surface area (Å²) in [5.74, 6) is 1.57. The zero-order valence-electron chi connectivity index (χ0n) is 12.6. The molecule has 0 aliphatic carbocycles. The summed E-state index contributed by atoms with van der Waals surface area (Å²) in [5.41, 5.74) is 2.86. The molecule has 1 aromatic rings. The Hall–Kier alpha value is -1.02. The highest BCUT2D eigenvalue weighted by Crippen LogP contribution is 2.26. The maximum atomic E-state index is 5.46. The van der Waals surface area contributed by atoms with Crippen molar-refractivity contribution in [1.82, 2.24) is 5.32 Å². The zero-order valence-corrected chi connectivity index (χ0v) is 12.6. The summed E-state index contributed by atoms with van der Waals surface area (Å²) in [6, 6.07) is 6.54. The number of nitrogens with one attached hydrogen (secondary N) is 1. The smallest absolute Gasteiger partial charge is 0.122 e. The van der Waals surface area contributed by atoms with Crippen molar-refractivity contribution < 1.29 is 4.74 Å². The Morgan fingerprint density at radius 3 is 2.44 bits per heavy atom. The normalized spacial score (nSPS) is 11.9. The van der Waals surface area contributed by atoms with Gasteiger partial charge in [-0.3, -0.25) is 0 Å². The van der Waals surface area contributed by atoms with Crippen molar-refractivity contribution in [2.75, 3.05) is 14.2 Å². The van der Waals surface area contributed by atoms with Crippen LogP contribution >= 0.6 is 0 Å². The Balaban J connectivity index is 2.88. The Kier molecular flexibility index (Phi) is 5.21. The molecule has 0 aromatic heterocycles. The van der Waals surface area contributed by atoms with E-state index < -0.39 is 0 Å². The molecule has 0 saturated heterocycles. The fourth-order valence-corrected chi connectivity index (χ4v) is 1.93. The van der Waals surface area contributed by atoms with Crippen LogP contribution in [0.25, 0.3) is 0 Å². The van der Waals surface area contributed by atoms with Gasteiger partial charge in [0.1, 0.15) is 5.75 Å². The predicted octanol–water partition coefficient (Wildman–Crippen LogP) is 3.75. The fourth-order valence-electron chi connectivity index (χ4n) is 1.93. The van der Waals surface area contributed by atoms with Crippen LogP contribution < -0.4 is 10.1 Å². The minimum atomic E-state index is 0.166. The third-order valence-electron chi connectivity index (χ3n) is 3.67. The number of aryl methyl sites for hydroxylation is 1. The summed E-state index contributed by atoms with van der Waals surface area (Å²) in [6.07, 6.45) is 2.14. The number of methoxy groups -OCH3 is 1. The first-order valence-electron chi connectivity index (χ1n) is 6.75. The van der Waals surface area contributed by atoms with E-state index in [0.717, 1.165) is 18.6 Å². The molecule has 0 fully saturated rings. The highest BCUT2D eigenvalue weighted by atomic mass is 16.5. The van der Waals surface area contributed by atoms with E-state index in [9.17, 15) is 0 Å². The maximum absolute atomic E-state index is 5.46. The van der Waals surface area contributed by atoms with Crippen LogP contribution in [0.1, 0.15) is 51.2 Å². The molecular formula is C16H27NO. The highest BCUT2D eigenvalue weighted by Gasteiger charge is 2.16. The van der Waals surface area contributed by atoms with Gasteiger partial charge in [0.15, 0.2) is 0 Å². The van der Waals surface area contributed by atoms with Gasteiger partial charge in [-0.1, -0.05) is 26.0 Å². The second-order valence-electron chi connectivity index (χ2n) is 5.86. The fraction of sp³-hybridized carbons (Fsp3) is 0.625. The first-order valence-corrected chi connectivity index (χ1v) is 6.75. The Labute approximate surface area is 112 Å². The van der Waals surface area contributed by atoms with E-state index in [1.807, 2.05) is 7.05 Å². The molecule has 0 aliphatic heterocycles. The van der Waals surface area contributed by atoms with Crippen molar-refractivity contribution in [3.8, 4) is 5.75 Å². The van der Waals surface area contributed by atoms with Crippen LogP contribution in [0.4, 0.5) is 0 Å². The average molecular weight is 249 g/mol. The maximum Gasteiger partial charge on any atom is 0.122 e. The minimum Gasteiger partial charge on any atom is -0.496 e. The molecule has 0 unspecified atom stereocenters. The van der Waals surface area contributed by atoms with Crippen LogP contribution in [0.2, 0.25) is 0 Å². The molecule has 102 valence electrons. The molecule has 2 heteroatoms. The first-order chi connectivity index (χ1) is 8.39. The summed E-state index contributed by atoms with van der Waals surface area (Å²) < 4.78 is 5.46. The van der Waals surface area contributed by atoms with Gasteiger partial charge < -0.3 is 10.1 Å². The van der Waals surface area contributed by atoms with Gasteiger partial charge in [-0.05, 0) is 56.8 Å². The summed E-state index contributed by atoms with van der Waals surface area (Å²) in [4.78, 5) is 0. The third-order valence-corrected chi connectivity index (χ3v) is 3.67. The minimum absolute atomic E-state index is 0.166.